The van der Waals surface area contributed by atoms with Gasteiger partial charge in [0.15, 0.2) is 0 Å². The number of fused-ring (bicyclic) bond motifs is 1. The number of benzene rings is 1. The Morgan fingerprint density at radius 1 is 1.36 bits per heavy atom. The van der Waals surface area contributed by atoms with E-state index in [2.05, 4.69) is 59.5 Å². The Bertz CT molecular complexity index is 738. The van der Waals surface area contributed by atoms with Gasteiger partial charge in [0.25, 0.3) is 0 Å². The number of aromatic nitrogens is 1. The molecule has 5 heteroatoms. The summed E-state index contributed by atoms with van der Waals surface area (Å²) in [6.45, 7) is 9.42. The van der Waals surface area contributed by atoms with E-state index >= 15 is 0 Å². The molecule has 0 saturated carbocycles. The van der Waals surface area contributed by atoms with Crippen LogP contribution in [0.5, 0.6) is 0 Å². The maximum atomic E-state index is 12.3. The second kappa shape index (κ2) is 7.50. The Morgan fingerprint density at radius 2 is 2.16 bits per heavy atom. The third kappa shape index (κ3) is 4.55. The molecule has 1 aliphatic rings. The lowest BCUT2D eigenvalue weighted by Gasteiger charge is -2.43. The van der Waals surface area contributed by atoms with E-state index < -0.39 is 0 Å². The van der Waals surface area contributed by atoms with Gasteiger partial charge in [0.1, 0.15) is 0 Å². The van der Waals surface area contributed by atoms with Crippen molar-refractivity contribution in [1.29, 1.82) is 0 Å². The Balaban J connectivity index is 1.52. The normalized spacial score (nSPS) is 20.5. The van der Waals surface area contributed by atoms with Gasteiger partial charge in [0, 0.05) is 42.8 Å². The molecule has 1 aromatic heterocycles. The van der Waals surface area contributed by atoms with Crippen LogP contribution in [0, 0.1) is 0 Å². The highest BCUT2D eigenvalue weighted by atomic mass is 16.2. The number of piperazine rings is 1. The maximum Gasteiger partial charge on any atom is 0.234 e. The lowest BCUT2D eigenvalue weighted by molar-refractivity contribution is -0.123. The highest BCUT2D eigenvalue weighted by Gasteiger charge is 2.30. The van der Waals surface area contributed by atoms with Crippen LogP contribution >= 0.6 is 0 Å². The molecule has 1 aromatic carbocycles. The molecule has 0 spiro atoms. The number of pyridine rings is 1. The van der Waals surface area contributed by atoms with E-state index in [4.69, 9.17) is 0 Å². The van der Waals surface area contributed by atoms with Crippen LogP contribution in [0.4, 0.5) is 0 Å². The molecule has 3 rings (SSSR count). The quantitative estimate of drug-likeness (QED) is 0.874. The van der Waals surface area contributed by atoms with Crippen molar-refractivity contribution in [2.75, 3.05) is 26.2 Å². The van der Waals surface area contributed by atoms with Gasteiger partial charge in [-0.15, -0.1) is 0 Å². The third-order valence-corrected chi connectivity index (χ3v) is 4.88. The highest BCUT2D eigenvalue weighted by Crippen LogP contribution is 2.16. The molecule has 2 N–H and O–H groups in total. The summed E-state index contributed by atoms with van der Waals surface area (Å²) in [5.74, 6) is 0.0951. The Hall–Kier alpha value is -1.98. The number of carbonyl (C=O) groups excluding carboxylic acids is 1. The zero-order valence-corrected chi connectivity index (χ0v) is 15.4. The topological polar surface area (TPSA) is 57.3 Å². The largest absolute Gasteiger partial charge is 0.355 e. The molecule has 2 aromatic rings. The minimum absolute atomic E-state index is 0.0570. The molecule has 1 unspecified atom stereocenters. The van der Waals surface area contributed by atoms with Crippen LogP contribution in [-0.2, 0) is 11.2 Å². The summed E-state index contributed by atoms with van der Waals surface area (Å²) in [6.07, 6.45) is 2.61. The molecule has 2 heterocycles. The Kier molecular flexibility index (Phi) is 5.35. The smallest absolute Gasteiger partial charge is 0.234 e. The molecule has 1 amide bonds. The number of amides is 1. The van der Waals surface area contributed by atoms with Gasteiger partial charge < -0.3 is 10.6 Å². The van der Waals surface area contributed by atoms with Gasteiger partial charge in [-0.1, -0.05) is 24.3 Å². The standard InChI is InChI=1S/C20H28N4O/c1-15-12-23-20(2,3)14-24(15)13-18(25)21-11-9-17-7-4-6-16-8-5-10-22-19(16)17/h4-8,10,15,23H,9,11-14H2,1-3H3,(H,21,25). The summed E-state index contributed by atoms with van der Waals surface area (Å²) >= 11 is 0. The zero-order valence-electron chi connectivity index (χ0n) is 15.4. The molecular formula is C20H28N4O. The number of hydrogen-bond acceptors (Lipinski definition) is 4. The summed E-state index contributed by atoms with van der Waals surface area (Å²) in [7, 11) is 0. The number of hydrogen-bond donors (Lipinski definition) is 2. The van der Waals surface area contributed by atoms with Crippen LogP contribution in [0.15, 0.2) is 36.5 Å². The zero-order chi connectivity index (χ0) is 17.9. The fourth-order valence-electron chi connectivity index (χ4n) is 3.43. The van der Waals surface area contributed by atoms with Gasteiger partial charge >= 0.3 is 0 Å². The molecule has 25 heavy (non-hydrogen) atoms. The van der Waals surface area contributed by atoms with Gasteiger partial charge in [-0.3, -0.25) is 14.7 Å². The van der Waals surface area contributed by atoms with E-state index in [1.807, 2.05) is 18.3 Å². The van der Waals surface area contributed by atoms with Crippen LogP contribution in [0.25, 0.3) is 10.9 Å². The van der Waals surface area contributed by atoms with E-state index in [0.717, 1.165) is 30.4 Å². The first-order valence-electron chi connectivity index (χ1n) is 9.03. The molecule has 134 valence electrons. The van der Waals surface area contributed by atoms with Crippen LogP contribution in [0.2, 0.25) is 0 Å². The molecule has 1 fully saturated rings. The van der Waals surface area contributed by atoms with Crippen molar-refractivity contribution in [1.82, 2.24) is 20.5 Å². The first-order valence-corrected chi connectivity index (χ1v) is 9.03. The van der Waals surface area contributed by atoms with Gasteiger partial charge in [-0.2, -0.15) is 0 Å². The molecule has 5 nitrogen and oxygen atoms in total. The summed E-state index contributed by atoms with van der Waals surface area (Å²) in [6, 6.07) is 10.6. The molecule has 0 aliphatic carbocycles. The van der Waals surface area contributed by atoms with Crippen molar-refractivity contribution in [3.63, 3.8) is 0 Å². The lowest BCUT2D eigenvalue weighted by Crippen LogP contribution is -2.62. The van der Waals surface area contributed by atoms with Crippen molar-refractivity contribution in [2.24, 2.45) is 0 Å². The van der Waals surface area contributed by atoms with E-state index in [1.54, 1.807) is 0 Å². The predicted molar refractivity (Wildman–Crippen MR) is 102 cm³/mol. The minimum atomic E-state index is 0.0570. The number of carbonyl (C=O) groups is 1. The first kappa shape index (κ1) is 17.8. The van der Waals surface area contributed by atoms with E-state index in [0.29, 0.717) is 19.1 Å². The molecule has 0 radical (unpaired) electrons. The SMILES string of the molecule is CC1CNC(C)(C)CN1CC(=O)NCCc1cccc2cccnc12. The Morgan fingerprint density at radius 3 is 3.00 bits per heavy atom. The van der Waals surface area contributed by atoms with Crippen LogP contribution in [0.3, 0.4) is 0 Å². The third-order valence-electron chi connectivity index (χ3n) is 4.88. The van der Waals surface area contributed by atoms with E-state index in [9.17, 15) is 4.79 Å². The second-order valence-corrected chi connectivity index (χ2v) is 7.61. The van der Waals surface area contributed by atoms with Crippen LogP contribution < -0.4 is 10.6 Å². The van der Waals surface area contributed by atoms with Crippen LogP contribution in [0.1, 0.15) is 26.3 Å². The number of nitrogens with one attached hydrogen (secondary N) is 2. The maximum absolute atomic E-state index is 12.3. The minimum Gasteiger partial charge on any atom is -0.355 e. The first-order chi connectivity index (χ1) is 11.9. The monoisotopic (exact) mass is 340 g/mol. The fraction of sp³-hybridized carbons (Fsp3) is 0.500. The van der Waals surface area contributed by atoms with E-state index in [1.165, 1.54) is 5.56 Å². The van der Waals surface area contributed by atoms with Gasteiger partial charge in [-0.05, 0) is 38.8 Å². The van der Waals surface area contributed by atoms with Gasteiger partial charge in [-0.25, -0.2) is 0 Å². The van der Waals surface area contributed by atoms with Crippen LogP contribution in [-0.4, -0.2) is 53.6 Å². The Labute approximate surface area is 149 Å². The molecular weight excluding hydrogens is 312 g/mol. The predicted octanol–water partition coefficient (Wildman–Crippen LogP) is 1.97. The molecule has 0 bridgehead atoms. The van der Waals surface area contributed by atoms with E-state index in [-0.39, 0.29) is 11.4 Å². The van der Waals surface area contributed by atoms with Gasteiger partial charge in [0.2, 0.25) is 5.91 Å². The van der Waals surface area contributed by atoms with Crippen molar-refractivity contribution < 1.29 is 4.79 Å². The molecule has 1 aliphatic heterocycles. The van der Waals surface area contributed by atoms with Gasteiger partial charge in [0.05, 0.1) is 12.1 Å². The number of para-hydroxylation sites is 1. The average molecular weight is 340 g/mol. The summed E-state index contributed by atoms with van der Waals surface area (Å²) in [5.41, 5.74) is 2.26. The summed E-state index contributed by atoms with van der Waals surface area (Å²) < 4.78 is 0. The highest BCUT2D eigenvalue weighted by molar-refractivity contribution is 5.82. The fourth-order valence-corrected chi connectivity index (χ4v) is 3.43. The average Bonchev–Trinajstić information content (AvgIpc) is 2.58. The molecule has 1 atom stereocenters. The van der Waals surface area contributed by atoms with Crippen molar-refractivity contribution >= 4 is 16.8 Å². The lowest BCUT2D eigenvalue weighted by atomic mass is 9.99. The second-order valence-electron chi connectivity index (χ2n) is 7.61. The number of rotatable bonds is 5. The van der Waals surface area contributed by atoms with Crippen molar-refractivity contribution in [2.45, 2.75) is 38.8 Å². The van der Waals surface area contributed by atoms with Crippen molar-refractivity contribution in [3.05, 3.63) is 42.1 Å². The van der Waals surface area contributed by atoms with Crippen molar-refractivity contribution in [3.8, 4) is 0 Å². The summed E-state index contributed by atoms with van der Waals surface area (Å²) in [5, 5.41) is 7.72. The molecule has 1 saturated heterocycles. The summed E-state index contributed by atoms with van der Waals surface area (Å²) in [4.78, 5) is 19.1. The number of nitrogens with zero attached hydrogens (tertiary/aromatic N) is 2.